The van der Waals surface area contributed by atoms with E-state index in [2.05, 4.69) is 5.48 Å². The minimum absolute atomic E-state index is 0.163. The normalized spacial score (nSPS) is 11.9. The Morgan fingerprint density at radius 3 is 2.05 bits per heavy atom. The Hall–Kier alpha value is -2.21. The number of ether oxygens (including phenoxy) is 1. The highest BCUT2D eigenvalue weighted by atomic mass is 16.7. The summed E-state index contributed by atoms with van der Waals surface area (Å²) in [5.41, 5.74) is 4.38. The predicted molar refractivity (Wildman–Crippen MR) is 81.5 cm³/mol. The molecule has 0 saturated heterocycles. The molecule has 0 radical (unpaired) electrons. The van der Waals surface area contributed by atoms with E-state index in [0.717, 1.165) is 11.1 Å². The topological polar surface area (TPSA) is 67.8 Å². The molecular formula is C17H19NO4. The fraction of sp³-hybridized carbons (Fsp3) is 0.235. The van der Waals surface area contributed by atoms with Gasteiger partial charge in [0, 0.05) is 0 Å². The maximum absolute atomic E-state index is 11.9. The van der Waals surface area contributed by atoms with Crippen LogP contribution in [-0.4, -0.2) is 23.7 Å². The molecule has 0 aliphatic carbocycles. The lowest BCUT2D eigenvalue weighted by Crippen LogP contribution is -2.40. The van der Waals surface area contributed by atoms with Gasteiger partial charge in [-0.25, -0.2) is 0 Å². The largest absolute Gasteiger partial charge is 0.460 e. The highest BCUT2D eigenvalue weighted by Crippen LogP contribution is 2.03. The zero-order valence-corrected chi connectivity index (χ0v) is 12.1. The van der Waals surface area contributed by atoms with Gasteiger partial charge in [-0.2, -0.15) is 5.48 Å². The van der Waals surface area contributed by atoms with Crippen molar-refractivity contribution in [3.8, 4) is 0 Å². The molecule has 0 spiro atoms. The molecule has 0 bridgehead atoms. The molecule has 5 heteroatoms. The van der Waals surface area contributed by atoms with Gasteiger partial charge in [0.15, 0.2) is 6.04 Å². The minimum Gasteiger partial charge on any atom is -0.460 e. The van der Waals surface area contributed by atoms with Gasteiger partial charge >= 0.3 is 5.97 Å². The zero-order valence-electron chi connectivity index (χ0n) is 12.1. The van der Waals surface area contributed by atoms with Crippen LogP contribution >= 0.6 is 0 Å². The number of benzene rings is 2. The highest BCUT2D eigenvalue weighted by molar-refractivity contribution is 5.75. The van der Waals surface area contributed by atoms with E-state index in [1.807, 2.05) is 60.7 Å². The van der Waals surface area contributed by atoms with Crippen LogP contribution in [0.3, 0.4) is 0 Å². The molecule has 2 rings (SSSR count). The van der Waals surface area contributed by atoms with Gasteiger partial charge in [0.05, 0.1) is 13.2 Å². The molecule has 5 nitrogen and oxygen atoms in total. The van der Waals surface area contributed by atoms with Crippen LogP contribution in [0, 0.1) is 0 Å². The highest BCUT2D eigenvalue weighted by Gasteiger charge is 2.19. The first kappa shape index (κ1) is 16.2. The number of hydrogen-bond donors (Lipinski definition) is 2. The molecule has 0 aliphatic heterocycles. The number of rotatable bonds is 8. The van der Waals surface area contributed by atoms with Crippen LogP contribution in [0.5, 0.6) is 0 Å². The van der Waals surface area contributed by atoms with E-state index < -0.39 is 18.6 Å². The van der Waals surface area contributed by atoms with E-state index in [0.29, 0.717) is 6.61 Å². The SMILES string of the molecule is O=C(OCc1ccccc1)[C@H](CO)NOCc1ccccc1. The third-order valence-electron chi connectivity index (χ3n) is 3.00. The maximum Gasteiger partial charge on any atom is 0.328 e. The first-order valence-electron chi connectivity index (χ1n) is 7.02. The first-order valence-corrected chi connectivity index (χ1v) is 7.02. The van der Waals surface area contributed by atoms with Gasteiger partial charge in [-0.3, -0.25) is 9.63 Å². The average Bonchev–Trinajstić information content (AvgIpc) is 2.58. The van der Waals surface area contributed by atoms with Crippen LogP contribution in [0.2, 0.25) is 0 Å². The van der Waals surface area contributed by atoms with Crippen LogP contribution in [0.25, 0.3) is 0 Å². The Kier molecular flexibility index (Phi) is 6.57. The number of carbonyl (C=O) groups is 1. The quantitative estimate of drug-likeness (QED) is 0.575. The maximum atomic E-state index is 11.9. The van der Waals surface area contributed by atoms with Gasteiger partial charge in [-0.1, -0.05) is 60.7 Å². The second-order valence-electron chi connectivity index (χ2n) is 4.72. The van der Waals surface area contributed by atoms with Crippen molar-refractivity contribution in [1.82, 2.24) is 5.48 Å². The second kappa shape index (κ2) is 8.94. The summed E-state index contributed by atoms with van der Waals surface area (Å²) in [4.78, 5) is 17.1. The van der Waals surface area contributed by atoms with E-state index in [9.17, 15) is 9.90 Å². The molecule has 0 saturated carbocycles. The molecule has 22 heavy (non-hydrogen) atoms. The van der Waals surface area contributed by atoms with Crippen LogP contribution < -0.4 is 5.48 Å². The van der Waals surface area contributed by atoms with Crippen molar-refractivity contribution >= 4 is 5.97 Å². The molecule has 0 aromatic heterocycles. The fourth-order valence-corrected chi connectivity index (χ4v) is 1.79. The molecule has 0 aliphatic rings. The summed E-state index contributed by atoms with van der Waals surface area (Å²) in [6.45, 7) is 0.0578. The summed E-state index contributed by atoms with van der Waals surface area (Å²) in [6.07, 6.45) is 0. The summed E-state index contributed by atoms with van der Waals surface area (Å²) >= 11 is 0. The van der Waals surface area contributed by atoms with Gasteiger partial charge in [-0.05, 0) is 11.1 Å². The van der Waals surface area contributed by atoms with Crippen LogP contribution in [-0.2, 0) is 27.6 Å². The van der Waals surface area contributed by atoms with E-state index in [1.165, 1.54) is 0 Å². The van der Waals surface area contributed by atoms with Crippen molar-refractivity contribution in [2.75, 3.05) is 6.61 Å². The van der Waals surface area contributed by atoms with Gasteiger partial charge in [0.1, 0.15) is 6.61 Å². The minimum atomic E-state index is -0.910. The number of carbonyl (C=O) groups excluding carboxylic acids is 1. The van der Waals surface area contributed by atoms with Crippen molar-refractivity contribution in [2.24, 2.45) is 0 Å². The fourth-order valence-electron chi connectivity index (χ4n) is 1.79. The average molecular weight is 301 g/mol. The molecular weight excluding hydrogens is 282 g/mol. The Labute approximate surface area is 129 Å². The number of esters is 1. The molecule has 0 heterocycles. The van der Waals surface area contributed by atoms with Gasteiger partial charge in [0.25, 0.3) is 0 Å². The molecule has 0 unspecified atom stereocenters. The van der Waals surface area contributed by atoms with Crippen LogP contribution in [0.4, 0.5) is 0 Å². The first-order chi connectivity index (χ1) is 10.8. The predicted octanol–water partition coefficient (Wildman–Crippen LogP) is 1.81. The van der Waals surface area contributed by atoms with Gasteiger partial charge in [-0.15, -0.1) is 0 Å². The molecule has 1 atom stereocenters. The van der Waals surface area contributed by atoms with Gasteiger partial charge in [0.2, 0.25) is 0 Å². The summed E-state index contributed by atoms with van der Waals surface area (Å²) in [7, 11) is 0. The van der Waals surface area contributed by atoms with E-state index in [4.69, 9.17) is 9.57 Å². The molecule has 0 amide bonds. The molecule has 116 valence electrons. The lowest BCUT2D eigenvalue weighted by Gasteiger charge is -2.15. The van der Waals surface area contributed by atoms with E-state index >= 15 is 0 Å². The van der Waals surface area contributed by atoms with E-state index in [1.54, 1.807) is 0 Å². The number of nitrogens with one attached hydrogen (secondary N) is 1. The molecule has 2 N–H and O–H groups in total. The van der Waals surface area contributed by atoms with Crippen molar-refractivity contribution < 1.29 is 19.5 Å². The van der Waals surface area contributed by atoms with Crippen molar-refractivity contribution in [2.45, 2.75) is 19.3 Å². The molecule has 2 aromatic carbocycles. The van der Waals surface area contributed by atoms with Gasteiger partial charge < -0.3 is 9.84 Å². The van der Waals surface area contributed by atoms with Crippen LogP contribution in [0.1, 0.15) is 11.1 Å². The smallest absolute Gasteiger partial charge is 0.328 e. The summed E-state index contributed by atoms with van der Waals surface area (Å²) in [5.74, 6) is -0.556. The summed E-state index contributed by atoms with van der Waals surface area (Å²) < 4.78 is 5.14. The number of hydroxylamine groups is 1. The molecule has 2 aromatic rings. The molecule has 0 fully saturated rings. The van der Waals surface area contributed by atoms with Crippen molar-refractivity contribution in [1.29, 1.82) is 0 Å². The van der Waals surface area contributed by atoms with Crippen LogP contribution in [0.15, 0.2) is 60.7 Å². The third kappa shape index (κ3) is 5.29. The number of aliphatic hydroxyl groups is 1. The second-order valence-corrected chi connectivity index (χ2v) is 4.72. The third-order valence-corrected chi connectivity index (χ3v) is 3.00. The summed E-state index contributed by atoms with van der Waals surface area (Å²) in [6, 6.07) is 18.0. The number of hydrogen-bond acceptors (Lipinski definition) is 5. The Balaban J connectivity index is 1.74. The lowest BCUT2D eigenvalue weighted by atomic mass is 10.2. The Morgan fingerprint density at radius 2 is 1.50 bits per heavy atom. The monoisotopic (exact) mass is 301 g/mol. The lowest BCUT2D eigenvalue weighted by molar-refractivity contribution is -0.154. The van der Waals surface area contributed by atoms with E-state index in [-0.39, 0.29) is 6.61 Å². The summed E-state index contributed by atoms with van der Waals surface area (Å²) in [5, 5.41) is 9.25. The number of aliphatic hydroxyl groups excluding tert-OH is 1. The van der Waals surface area contributed by atoms with Crippen molar-refractivity contribution in [3.05, 3.63) is 71.8 Å². The van der Waals surface area contributed by atoms with Crippen molar-refractivity contribution in [3.63, 3.8) is 0 Å². The standard InChI is InChI=1S/C17H19NO4/c19-11-16(18-22-13-15-9-5-2-6-10-15)17(20)21-12-14-7-3-1-4-8-14/h1-10,16,18-19H,11-13H2/t16-/m0/s1. The zero-order chi connectivity index (χ0) is 15.6. The Morgan fingerprint density at radius 1 is 0.955 bits per heavy atom. The Bertz CT molecular complexity index is 559.